The number of carbonyl (C=O) groups excluding carboxylic acids is 1. The Morgan fingerprint density at radius 1 is 1.45 bits per heavy atom. The van der Waals surface area contributed by atoms with Crippen LogP contribution >= 0.6 is 0 Å². The van der Waals surface area contributed by atoms with Gasteiger partial charge in [0.15, 0.2) is 0 Å². The Morgan fingerprint density at radius 2 is 2.15 bits per heavy atom. The van der Waals surface area contributed by atoms with Crippen molar-refractivity contribution in [2.75, 3.05) is 25.0 Å². The maximum Gasteiger partial charge on any atom is 0.255 e. The fourth-order valence-corrected chi connectivity index (χ4v) is 2.45. The molecule has 20 heavy (non-hydrogen) atoms. The van der Waals surface area contributed by atoms with Crippen molar-refractivity contribution in [1.29, 1.82) is 0 Å². The highest BCUT2D eigenvalue weighted by molar-refractivity contribution is 5.73. The predicted molar refractivity (Wildman–Crippen MR) is 73.0 cm³/mol. The lowest BCUT2D eigenvalue weighted by molar-refractivity contribution is -0.129. The van der Waals surface area contributed by atoms with Crippen LogP contribution in [0.3, 0.4) is 0 Å². The zero-order chi connectivity index (χ0) is 14.5. The van der Waals surface area contributed by atoms with Crippen LogP contribution in [0.4, 0.5) is 14.6 Å². The number of alkyl halides is 2. The third-order valence-corrected chi connectivity index (χ3v) is 3.57. The van der Waals surface area contributed by atoms with Crippen LogP contribution in [0, 0.1) is 0 Å². The number of amides is 1. The molecule has 1 amide bonds. The van der Waals surface area contributed by atoms with Crippen LogP contribution in [0.2, 0.25) is 0 Å². The molecule has 2 rings (SSSR count). The minimum atomic E-state index is -2.39. The van der Waals surface area contributed by atoms with Gasteiger partial charge in [0.05, 0.1) is 6.54 Å². The number of carbonyl (C=O) groups is 1. The molecule has 1 saturated heterocycles. The first kappa shape index (κ1) is 14.7. The van der Waals surface area contributed by atoms with Crippen molar-refractivity contribution in [1.82, 2.24) is 9.88 Å². The Kier molecular flexibility index (Phi) is 4.87. The molecule has 4 nitrogen and oxygen atoms in total. The Labute approximate surface area is 117 Å². The van der Waals surface area contributed by atoms with Crippen LogP contribution in [0.15, 0.2) is 18.2 Å². The lowest BCUT2D eigenvalue weighted by Gasteiger charge is -2.31. The maximum absolute atomic E-state index is 12.2. The van der Waals surface area contributed by atoms with Gasteiger partial charge in [-0.25, -0.2) is 13.8 Å². The molecule has 1 fully saturated rings. The predicted octanol–water partition coefficient (Wildman–Crippen LogP) is 2.48. The molecule has 0 spiro atoms. The summed E-state index contributed by atoms with van der Waals surface area (Å²) in [4.78, 5) is 17.5. The zero-order valence-corrected chi connectivity index (χ0v) is 11.5. The summed E-state index contributed by atoms with van der Waals surface area (Å²) in [6.45, 7) is 2.65. The van der Waals surface area contributed by atoms with Gasteiger partial charge in [0, 0.05) is 31.6 Å². The lowest BCUT2D eigenvalue weighted by atomic mass is 9.93. The highest BCUT2D eigenvalue weighted by Crippen LogP contribution is 2.27. The molecule has 0 aliphatic carbocycles. The third-order valence-electron chi connectivity index (χ3n) is 3.57. The van der Waals surface area contributed by atoms with Crippen molar-refractivity contribution in [2.24, 2.45) is 0 Å². The van der Waals surface area contributed by atoms with Gasteiger partial charge in [-0.15, -0.1) is 0 Å². The average molecular weight is 283 g/mol. The van der Waals surface area contributed by atoms with Crippen LogP contribution < -0.4 is 5.32 Å². The van der Waals surface area contributed by atoms with E-state index in [1.807, 2.05) is 17.0 Å². The largest absolute Gasteiger partial charge is 0.364 e. The summed E-state index contributed by atoms with van der Waals surface area (Å²) in [7, 11) is 0. The molecular formula is C14H19F2N3O. The number of rotatable bonds is 4. The minimum Gasteiger partial charge on any atom is -0.364 e. The number of piperidine rings is 1. The van der Waals surface area contributed by atoms with E-state index in [2.05, 4.69) is 10.3 Å². The number of aromatic nitrogens is 1. The Hall–Kier alpha value is -1.72. The minimum absolute atomic E-state index is 0.101. The molecule has 0 saturated carbocycles. The summed E-state index contributed by atoms with van der Waals surface area (Å²) in [6, 6.07) is 5.44. The zero-order valence-electron chi connectivity index (χ0n) is 11.5. The molecule has 1 aliphatic rings. The standard InChI is InChI=1S/C14H19F2N3O/c1-10(20)19-7-5-11(6-8-19)12-3-2-4-14(18-12)17-9-13(15)16/h2-4,11,13H,5-9H2,1H3,(H,17,18). The van der Waals surface area contributed by atoms with E-state index in [9.17, 15) is 13.6 Å². The van der Waals surface area contributed by atoms with Crippen molar-refractivity contribution < 1.29 is 13.6 Å². The molecule has 1 aliphatic heterocycles. The van der Waals surface area contributed by atoms with Gasteiger partial charge in [0.1, 0.15) is 5.82 Å². The van der Waals surface area contributed by atoms with Gasteiger partial charge in [0.2, 0.25) is 5.91 Å². The number of nitrogens with one attached hydrogen (secondary N) is 1. The van der Waals surface area contributed by atoms with Crippen molar-refractivity contribution >= 4 is 11.7 Å². The van der Waals surface area contributed by atoms with E-state index in [1.165, 1.54) is 0 Å². The fraction of sp³-hybridized carbons (Fsp3) is 0.571. The van der Waals surface area contributed by atoms with Gasteiger partial charge < -0.3 is 10.2 Å². The number of hydrogen-bond acceptors (Lipinski definition) is 3. The highest BCUT2D eigenvalue weighted by Gasteiger charge is 2.22. The van der Waals surface area contributed by atoms with Gasteiger partial charge in [-0.2, -0.15) is 0 Å². The number of nitrogens with zero attached hydrogens (tertiary/aromatic N) is 2. The molecule has 2 heterocycles. The smallest absolute Gasteiger partial charge is 0.255 e. The maximum atomic E-state index is 12.2. The Bertz CT molecular complexity index is 459. The molecule has 0 atom stereocenters. The van der Waals surface area contributed by atoms with Crippen molar-refractivity contribution in [3.63, 3.8) is 0 Å². The number of halogens is 2. The van der Waals surface area contributed by atoms with Crippen molar-refractivity contribution in [2.45, 2.75) is 32.1 Å². The number of anilines is 1. The Morgan fingerprint density at radius 3 is 2.75 bits per heavy atom. The van der Waals surface area contributed by atoms with E-state index < -0.39 is 6.43 Å². The summed E-state index contributed by atoms with van der Waals surface area (Å²) in [5.74, 6) is 0.874. The molecular weight excluding hydrogens is 264 g/mol. The SMILES string of the molecule is CC(=O)N1CCC(c2cccc(NCC(F)F)n2)CC1. The van der Waals surface area contributed by atoms with Gasteiger partial charge in [-0.3, -0.25) is 4.79 Å². The average Bonchev–Trinajstić information content (AvgIpc) is 2.45. The number of likely N-dealkylation sites (tertiary alicyclic amines) is 1. The summed E-state index contributed by atoms with van der Waals surface area (Å²) in [5, 5.41) is 2.62. The van der Waals surface area contributed by atoms with Crippen LogP contribution in [0.1, 0.15) is 31.4 Å². The van der Waals surface area contributed by atoms with Crippen LogP contribution in [0.25, 0.3) is 0 Å². The first-order valence-electron chi connectivity index (χ1n) is 6.80. The summed E-state index contributed by atoms with van der Waals surface area (Å²) in [6.07, 6.45) is -0.658. The second-order valence-corrected chi connectivity index (χ2v) is 5.00. The first-order chi connectivity index (χ1) is 9.56. The molecule has 0 radical (unpaired) electrons. The van der Waals surface area contributed by atoms with Gasteiger partial charge in [-0.1, -0.05) is 6.07 Å². The summed E-state index contributed by atoms with van der Waals surface area (Å²) < 4.78 is 24.3. The highest BCUT2D eigenvalue weighted by atomic mass is 19.3. The molecule has 1 aromatic rings. The number of hydrogen-bond donors (Lipinski definition) is 1. The van der Waals surface area contributed by atoms with E-state index in [1.54, 1.807) is 13.0 Å². The molecule has 6 heteroatoms. The molecule has 0 aromatic carbocycles. The molecule has 110 valence electrons. The summed E-state index contributed by atoms with van der Waals surface area (Å²) in [5.41, 5.74) is 0.910. The van der Waals surface area contributed by atoms with Gasteiger partial charge >= 0.3 is 0 Å². The molecule has 0 unspecified atom stereocenters. The van der Waals surface area contributed by atoms with Gasteiger partial charge in [0.25, 0.3) is 6.43 Å². The third kappa shape index (κ3) is 3.88. The summed E-state index contributed by atoms with van der Waals surface area (Å²) >= 11 is 0. The monoisotopic (exact) mass is 283 g/mol. The van der Waals surface area contributed by atoms with Crippen molar-refractivity contribution in [3.05, 3.63) is 23.9 Å². The van der Waals surface area contributed by atoms with E-state index in [0.717, 1.165) is 31.6 Å². The van der Waals surface area contributed by atoms with Gasteiger partial charge in [-0.05, 0) is 25.0 Å². The molecule has 1 aromatic heterocycles. The molecule has 1 N–H and O–H groups in total. The first-order valence-corrected chi connectivity index (χ1v) is 6.80. The van der Waals surface area contributed by atoms with Crippen molar-refractivity contribution in [3.8, 4) is 0 Å². The van der Waals surface area contributed by atoms with E-state index in [-0.39, 0.29) is 12.5 Å². The van der Waals surface area contributed by atoms with Crippen LogP contribution in [0.5, 0.6) is 0 Å². The fourth-order valence-electron chi connectivity index (χ4n) is 2.45. The van der Waals surface area contributed by atoms with E-state index in [4.69, 9.17) is 0 Å². The van der Waals surface area contributed by atoms with E-state index in [0.29, 0.717) is 11.7 Å². The van der Waals surface area contributed by atoms with Crippen LogP contribution in [-0.4, -0.2) is 41.9 Å². The second-order valence-electron chi connectivity index (χ2n) is 5.00. The second kappa shape index (κ2) is 6.63. The lowest BCUT2D eigenvalue weighted by Crippen LogP contribution is -2.36. The normalized spacial score (nSPS) is 16.5. The molecule has 0 bridgehead atoms. The quantitative estimate of drug-likeness (QED) is 0.923. The van der Waals surface area contributed by atoms with E-state index >= 15 is 0 Å². The Balaban J connectivity index is 1.96. The topological polar surface area (TPSA) is 45.2 Å². The van der Waals surface area contributed by atoms with Crippen LogP contribution in [-0.2, 0) is 4.79 Å². The number of pyridine rings is 1.